The molecular formula is C11H10BrNOS. The van der Waals surface area contributed by atoms with E-state index in [0.717, 1.165) is 5.56 Å². The van der Waals surface area contributed by atoms with Gasteiger partial charge in [0, 0.05) is 11.8 Å². The first-order chi connectivity index (χ1) is 7.20. The van der Waals surface area contributed by atoms with Gasteiger partial charge < -0.3 is 0 Å². The molecular weight excluding hydrogens is 274 g/mol. The van der Waals surface area contributed by atoms with Crippen molar-refractivity contribution in [1.82, 2.24) is 0 Å². The smallest absolute Gasteiger partial charge is 0.172 e. The Morgan fingerprint density at radius 2 is 2.07 bits per heavy atom. The zero-order valence-corrected chi connectivity index (χ0v) is 10.4. The minimum absolute atomic E-state index is 0.153. The van der Waals surface area contributed by atoms with Crippen molar-refractivity contribution < 1.29 is 4.79 Å². The SMILES string of the molecule is O=C(CS1(Br)C=CN=C1)c1ccccc1. The average molecular weight is 284 g/mol. The molecule has 1 aromatic rings. The molecule has 2 nitrogen and oxygen atoms in total. The molecule has 1 aliphatic heterocycles. The van der Waals surface area contributed by atoms with E-state index in [9.17, 15) is 4.79 Å². The van der Waals surface area contributed by atoms with Crippen LogP contribution in [0, 0.1) is 0 Å². The van der Waals surface area contributed by atoms with Crippen LogP contribution in [0.1, 0.15) is 10.4 Å². The summed E-state index contributed by atoms with van der Waals surface area (Å²) in [5, 5.41) is 1.97. The standard InChI is InChI=1S/C11H10BrNOS/c12-15(7-6-13-9-15)8-11(14)10-4-2-1-3-5-10/h1-7,9H,8H2. The number of halogens is 1. The Morgan fingerprint density at radius 1 is 1.33 bits per heavy atom. The minimum Gasteiger partial charge on any atom is -0.293 e. The molecule has 1 heterocycles. The Bertz CT molecular complexity index is 415. The molecule has 1 atom stereocenters. The molecule has 15 heavy (non-hydrogen) atoms. The fourth-order valence-corrected chi connectivity index (χ4v) is 3.86. The highest BCUT2D eigenvalue weighted by Crippen LogP contribution is 2.56. The molecule has 1 aromatic carbocycles. The van der Waals surface area contributed by atoms with Crippen molar-refractivity contribution in [3.63, 3.8) is 0 Å². The molecule has 0 spiro atoms. The lowest BCUT2D eigenvalue weighted by atomic mass is 10.2. The summed E-state index contributed by atoms with van der Waals surface area (Å²) in [6.45, 7) is 0. The van der Waals surface area contributed by atoms with Gasteiger partial charge in [-0.2, -0.15) is 0 Å². The van der Waals surface area contributed by atoms with Gasteiger partial charge in [-0.15, -0.1) is 8.46 Å². The highest BCUT2D eigenvalue weighted by molar-refractivity contribution is 9.61. The number of hydrogen-bond donors (Lipinski definition) is 0. The summed E-state index contributed by atoms with van der Waals surface area (Å²) in [6.07, 6.45) is 1.74. The van der Waals surface area contributed by atoms with Gasteiger partial charge in [0.25, 0.3) is 0 Å². The fourth-order valence-electron chi connectivity index (χ4n) is 1.30. The van der Waals surface area contributed by atoms with Crippen LogP contribution in [-0.4, -0.2) is 17.1 Å². The Kier molecular flexibility index (Phi) is 3.07. The Balaban J connectivity index is 2.11. The van der Waals surface area contributed by atoms with E-state index in [4.69, 9.17) is 0 Å². The zero-order chi connectivity index (χ0) is 10.7. The first-order valence-electron chi connectivity index (χ1n) is 4.48. The number of rotatable bonds is 3. The van der Waals surface area contributed by atoms with Crippen molar-refractivity contribution in [3.8, 4) is 0 Å². The van der Waals surface area contributed by atoms with Gasteiger partial charge in [-0.25, -0.2) is 0 Å². The Labute approximate surface area is 97.6 Å². The van der Waals surface area contributed by atoms with Crippen LogP contribution < -0.4 is 0 Å². The maximum absolute atomic E-state index is 11.9. The molecule has 0 amide bonds. The van der Waals surface area contributed by atoms with Crippen molar-refractivity contribution >= 4 is 34.6 Å². The second-order valence-electron chi connectivity index (χ2n) is 3.23. The number of nitrogens with zero attached hydrogens (tertiary/aromatic N) is 1. The molecule has 0 aliphatic carbocycles. The average Bonchev–Trinajstić information content (AvgIpc) is 2.66. The maximum Gasteiger partial charge on any atom is 0.172 e. The molecule has 1 aliphatic rings. The van der Waals surface area contributed by atoms with E-state index >= 15 is 0 Å². The highest BCUT2D eigenvalue weighted by Gasteiger charge is 2.22. The molecule has 78 valence electrons. The number of Topliss-reactive ketones (excluding diaryl/α,β-unsaturated/α-hetero) is 1. The summed E-state index contributed by atoms with van der Waals surface area (Å²) in [6, 6.07) is 9.34. The van der Waals surface area contributed by atoms with E-state index in [0.29, 0.717) is 5.75 Å². The highest BCUT2D eigenvalue weighted by atomic mass is 79.9. The van der Waals surface area contributed by atoms with Crippen LogP contribution in [0.15, 0.2) is 46.9 Å². The Hall–Kier alpha value is -0.870. The van der Waals surface area contributed by atoms with Crippen LogP contribution in [-0.2, 0) is 0 Å². The van der Waals surface area contributed by atoms with E-state index in [1.807, 2.05) is 41.3 Å². The third-order valence-corrected chi connectivity index (χ3v) is 5.64. The molecule has 0 radical (unpaired) electrons. The molecule has 4 heteroatoms. The molecule has 2 rings (SSSR count). The van der Waals surface area contributed by atoms with Gasteiger partial charge in [0.1, 0.15) is 0 Å². The summed E-state index contributed by atoms with van der Waals surface area (Å²) in [5.74, 6) is 0.636. The zero-order valence-electron chi connectivity index (χ0n) is 7.97. The normalized spacial score (nSPS) is 27.5. The van der Waals surface area contributed by atoms with Crippen LogP contribution in [0.2, 0.25) is 0 Å². The van der Waals surface area contributed by atoms with Crippen LogP contribution in [0.25, 0.3) is 0 Å². The Morgan fingerprint density at radius 3 is 2.67 bits per heavy atom. The number of aliphatic imine (C=N–C) groups is 1. The maximum atomic E-state index is 11.9. The second-order valence-corrected chi connectivity index (χ2v) is 9.13. The lowest BCUT2D eigenvalue weighted by Crippen LogP contribution is -2.08. The number of carbonyl (C=O) groups excluding carboxylic acids is 1. The summed E-state index contributed by atoms with van der Waals surface area (Å²) >= 11 is 3.57. The van der Waals surface area contributed by atoms with E-state index in [2.05, 4.69) is 19.8 Å². The predicted octanol–water partition coefficient (Wildman–Crippen LogP) is 3.50. The number of benzene rings is 1. The lowest BCUT2D eigenvalue weighted by Gasteiger charge is -2.20. The molecule has 0 bridgehead atoms. The van der Waals surface area contributed by atoms with Crippen LogP contribution >= 0.6 is 23.3 Å². The first-order valence-corrected chi connectivity index (χ1v) is 8.25. The minimum atomic E-state index is -1.26. The third kappa shape index (κ3) is 2.58. The molecule has 1 unspecified atom stereocenters. The first kappa shape index (κ1) is 10.6. The summed E-state index contributed by atoms with van der Waals surface area (Å²) < 4.78 is 0. The van der Waals surface area contributed by atoms with E-state index in [-0.39, 0.29) is 5.78 Å². The largest absolute Gasteiger partial charge is 0.293 e. The molecule has 0 saturated heterocycles. The quantitative estimate of drug-likeness (QED) is 0.781. The summed E-state index contributed by atoms with van der Waals surface area (Å²) in [4.78, 5) is 15.9. The monoisotopic (exact) mass is 283 g/mol. The van der Waals surface area contributed by atoms with Gasteiger partial charge in [-0.3, -0.25) is 9.79 Å². The number of hydrogen-bond acceptors (Lipinski definition) is 2. The number of carbonyl (C=O) groups is 1. The summed E-state index contributed by atoms with van der Waals surface area (Å²) in [5.41, 5.74) is 2.59. The van der Waals surface area contributed by atoms with Crippen molar-refractivity contribution in [3.05, 3.63) is 47.5 Å². The number of ketones is 1. The van der Waals surface area contributed by atoms with Gasteiger partial charge in [-0.1, -0.05) is 30.3 Å². The van der Waals surface area contributed by atoms with Crippen LogP contribution in [0.3, 0.4) is 0 Å². The topological polar surface area (TPSA) is 29.4 Å². The second kappa shape index (κ2) is 4.33. The third-order valence-electron chi connectivity index (χ3n) is 2.06. The van der Waals surface area contributed by atoms with E-state index in [1.54, 1.807) is 6.20 Å². The van der Waals surface area contributed by atoms with Crippen LogP contribution in [0.5, 0.6) is 0 Å². The van der Waals surface area contributed by atoms with Gasteiger partial charge in [0.05, 0.1) is 11.3 Å². The van der Waals surface area contributed by atoms with Crippen molar-refractivity contribution in [1.29, 1.82) is 0 Å². The molecule has 0 saturated carbocycles. The van der Waals surface area contributed by atoms with Crippen molar-refractivity contribution in [2.24, 2.45) is 4.99 Å². The predicted molar refractivity (Wildman–Crippen MR) is 69.8 cm³/mol. The van der Waals surface area contributed by atoms with Crippen molar-refractivity contribution in [2.45, 2.75) is 0 Å². The van der Waals surface area contributed by atoms with Gasteiger partial charge >= 0.3 is 0 Å². The van der Waals surface area contributed by atoms with E-state index < -0.39 is 8.46 Å². The fraction of sp³-hybridized carbons (Fsp3) is 0.0909. The molecule has 0 fully saturated rings. The van der Waals surface area contributed by atoms with E-state index in [1.165, 1.54) is 0 Å². The van der Waals surface area contributed by atoms with Gasteiger partial charge in [-0.05, 0) is 20.2 Å². The van der Waals surface area contributed by atoms with Crippen LogP contribution in [0.4, 0.5) is 0 Å². The lowest BCUT2D eigenvalue weighted by molar-refractivity contribution is 0.102. The van der Waals surface area contributed by atoms with Gasteiger partial charge in [0.15, 0.2) is 5.78 Å². The molecule has 0 N–H and O–H groups in total. The molecule has 0 aromatic heterocycles. The summed E-state index contributed by atoms with van der Waals surface area (Å²) in [7, 11) is -1.26. The van der Waals surface area contributed by atoms with Gasteiger partial charge in [0.2, 0.25) is 0 Å². The van der Waals surface area contributed by atoms with Crippen molar-refractivity contribution in [2.75, 3.05) is 5.75 Å².